The van der Waals surface area contributed by atoms with Gasteiger partial charge in [0, 0.05) is 19.3 Å². The number of likely N-dealkylation sites (N-methyl/N-ethyl adjacent to an activating group) is 1. The van der Waals surface area contributed by atoms with Gasteiger partial charge in [-0.3, -0.25) is 9.59 Å². The summed E-state index contributed by atoms with van der Waals surface area (Å²) in [6.07, 6.45) is 2.41. The highest BCUT2D eigenvalue weighted by Crippen LogP contribution is 1.88. The molecular weight excluding hydrogens is 220 g/mol. The molecule has 1 rings (SSSR count). The van der Waals surface area contributed by atoms with Crippen LogP contribution in [0.2, 0.25) is 0 Å². The molecule has 94 valence electrons. The quantitative estimate of drug-likeness (QED) is 0.722. The van der Waals surface area contributed by atoms with Crippen molar-refractivity contribution in [3.8, 4) is 0 Å². The van der Waals surface area contributed by atoms with Crippen LogP contribution in [0.1, 0.15) is 24.3 Å². The molecule has 1 heterocycles. The summed E-state index contributed by atoms with van der Waals surface area (Å²) < 4.78 is 0. The molecule has 0 aromatic carbocycles. The van der Waals surface area contributed by atoms with Gasteiger partial charge in [-0.05, 0) is 13.1 Å². The lowest BCUT2D eigenvalue weighted by molar-refractivity contribution is 0.0943. The lowest BCUT2D eigenvalue weighted by Gasteiger charge is -2.17. The minimum Gasteiger partial charge on any atom is -0.349 e. The summed E-state index contributed by atoms with van der Waals surface area (Å²) in [6.45, 7) is 7.46. The van der Waals surface area contributed by atoms with Crippen molar-refractivity contribution in [2.75, 3.05) is 26.2 Å². The summed E-state index contributed by atoms with van der Waals surface area (Å²) in [4.78, 5) is 30.7. The molecule has 0 fully saturated rings. The number of aromatic amines is 1. The zero-order chi connectivity index (χ0) is 12.7. The Bertz CT molecular complexity index is 392. The molecule has 2 N–H and O–H groups in total. The van der Waals surface area contributed by atoms with Crippen LogP contribution in [0.15, 0.2) is 17.2 Å². The first-order valence-electron chi connectivity index (χ1n) is 5.72. The van der Waals surface area contributed by atoms with Crippen LogP contribution in [-0.2, 0) is 0 Å². The van der Waals surface area contributed by atoms with Crippen molar-refractivity contribution < 1.29 is 4.79 Å². The summed E-state index contributed by atoms with van der Waals surface area (Å²) in [6, 6.07) is 0. The average Bonchev–Trinajstić information content (AvgIpc) is 2.35. The van der Waals surface area contributed by atoms with E-state index in [9.17, 15) is 9.59 Å². The van der Waals surface area contributed by atoms with Crippen LogP contribution in [0.25, 0.3) is 0 Å². The van der Waals surface area contributed by atoms with E-state index in [1.807, 2.05) is 0 Å². The minimum atomic E-state index is -0.315. The van der Waals surface area contributed by atoms with Gasteiger partial charge in [0.05, 0.1) is 6.20 Å². The fraction of sp³-hybridized carbons (Fsp3) is 0.545. The Morgan fingerprint density at radius 1 is 1.47 bits per heavy atom. The first-order chi connectivity index (χ1) is 8.17. The molecule has 6 heteroatoms. The molecule has 0 radical (unpaired) electrons. The third-order valence-corrected chi connectivity index (χ3v) is 2.51. The molecule has 0 aliphatic heterocycles. The standard InChI is InChI=1S/C11H18N4O2/c1-3-15(4-2)6-5-12-11(17)9-7-14-10(16)8-13-9/h7-8H,3-6H2,1-2H3,(H,12,17)(H,14,16). The highest BCUT2D eigenvalue weighted by molar-refractivity contribution is 5.91. The van der Waals surface area contributed by atoms with Gasteiger partial charge in [0.25, 0.3) is 11.5 Å². The maximum atomic E-state index is 11.6. The third-order valence-electron chi connectivity index (χ3n) is 2.51. The van der Waals surface area contributed by atoms with Gasteiger partial charge < -0.3 is 15.2 Å². The maximum Gasteiger partial charge on any atom is 0.271 e. The van der Waals surface area contributed by atoms with Gasteiger partial charge >= 0.3 is 0 Å². The van der Waals surface area contributed by atoms with Gasteiger partial charge in [0.15, 0.2) is 0 Å². The molecule has 6 nitrogen and oxygen atoms in total. The number of nitrogens with zero attached hydrogens (tertiary/aromatic N) is 2. The van der Waals surface area contributed by atoms with Crippen LogP contribution in [0, 0.1) is 0 Å². The number of carbonyl (C=O) groups is 1. The molecule has 0 spiro atoms. The zero-order valence-corrected chi connectivity index (χ0v) is 10.2. The maximum absolute atomic E-state index is 11.6. The Hall–Kier alpha value is -1.69. The fourth-order valence-electron chi connectivity index (χ4n) is 1.42. The van der Waals surface area contributed by atoms with Gasteiger partial charge in [-0.1, -0.05) is 13.8 Å². The van der Waals surface area contributed by atoms with E-state index in [1.54, 1.807) is 0 Å². The van der Waals surface area contributed by atoms with Crippen molar-refractivity contribution >= 4 is 5.91 Å². The van der Waals surface area contributed by atoms with E-state index in [-0.39, 0.29) is 17.2 Å². The summed E-state index contributed by atoms with van der Waals surface area (Å²) in [5, 5.41) is 2.75. The second kappa shape index (κ2) is 6.80. The zero-order valence-electron chi connectivity index (χ0n) is 10.2. The van der Waals surface area contributed by atoms with Crippen LogP contribution in [0.4, 0.5) is 0 Å². The summed E-state index contributed by atoms with van der Waals surface area (Å²) in [7, 11) is 0. The van der Waals surface area contributed by atoms with Crippen molar-refractivity contribution in [2.45, 2.75) is 13.8 Å². The number of hydrogen-bond donors (Lipinski definition) is 2. The highest BCUT2D eigenvalue weighted by atomic mass is 16.2. The molecule has 0 aliphatic carbocycles. The van der Waals surface area contributed by atoms with E-state index in [2.05, 4.69) is 34.0 Å². The van der Waals surface area contributed by atoms with Gasteiger partial charge in [-0.15, -0.1) is 0 Å². The van der Waals surface area contributed by atoms with Crippen LogP contribution in [0.5, 0.6) is 0 Å². The predicted molar refractivity (Wildman–Crippen MR) is 65.0 cm³/mol. The van der Waals surface area contributed by atoms with Crippen LogP contribution in [0.3, 0.4) is 0 Å². The number of H-pyrrole nitrogens is 1. The van der Waals surface area contributed by atoms with Gasteiger partial charge in [-0.2, -0.15) is 0 Å². The number of nitrogens with one attached hydrogen (secondary N) is 2. The summed E-state index contributed by atoms with van der Waals surface area (Å²) >= 11 is 0. The molecular formula is C11H18N4O2. The van der Waals surface area contributed by atoms with Gasteiger partial charge in [0.2, 0.25) is 0 Å². The number of aromatic nitrogens is 2. The molecule has 0 bridgehead atoms. The Kier molecular flexibility index (Phi) is 5.35. The van der Waals surface area contributed by atoms with Crippen molar-refractivity contribution in [1.29, 1.82) is 0 Å². The molecule has 0 unspecified atom stereocenters. The van der Waals surface area contributed by atoms with Crippen LogP contribution < -0.4 is 10.9 Å². The first kappa shape index (κ1) is 13.4. The molecule has 0 aliphatic rings. The molecule has 0 atom stereocenters. The van der Waals surface area contributed by atoms with Crippen molar-refractivity contribution in [1.82, 2.24) is 20.2 Å². The van der Waals surface area contributed by atoms with Gasteiger partial charge in [-0.25, -0.2) is 4.98 Å². The molecule has 0 saturated heterocycles. The van der Waals surface area contributed by atoms with E-state index in [1.165, 1.54) is 6.20 Å². The van der Waals surface area contributed by atoms with Crippen LogP contribution in [-0.4, -0.2) is 47.0 Å². The smallest absolute Gasteiger partial charge is 0.271 e. The Morgan fingerprint density at radius 3 is 2.71 bits per heavy atom. The lowest BCUT2D eigenvalue weighted by Crippen LogP contribution is -2.35. The number of hydrogen-bond acceptors (Lipinski definition) is 4. The molecule has 0 saturated carbocycles. The van der Waals surface area contributed by atoms with Gasteiger partial charge in [0.1, 0.15) is 5.69 Å². The second-order valence-corrected chi connectivity index (χ2v) is 3.58. The van der Waals surface area contributed by atoms with Crippen molar-refractivity contribution in [3.63, 3.8) is 0 Å². The van der Waals surface area contributed by atoms with E-state index >= 15 is 0 Å². The minimum absolute atomic E-state index is 0.226. The largest absolute Gasteiger partial charge is 0.349 e. The SMILES string of the molecule is CCN(CC)CCNC(=O)c1c[nH]c(=O)cn1. The third kappa shape index (κ3) is 4.36. The molecule has 1 aromatic rings. The average molecular weight is 238 g/mol. The predicted octanol–water partition coefficient (Wildman–Crippen LogP) is -0.158. The number of carbonyl (C=O) groups excluding carboxylic acids is 1. The normalized spacial score (nSPS) is 10.5. The van der Waals surface area contributed by atoms with Crippen molar-refractivity contribution in [3.05, 3.63) is 28.4 Å². The second-order valence-electron chi connectivity index (χ2n) is 3.58. The topological polar surface area (TPSA) is 78.1 Å². The lowest BCUT2D eigenvalue weighted by atomic mass is 10.4. The number of rotatable bonds is 6. The molecule has 17 heavy (non-hydrogen) atoms. The number of amides is 1. The Labute approximate surface area is 100 Å². The van der Waals surface area contributed by atoms with E-state index < -0.39 is 0 Å². The highest BCUT2D eigenvalue weighted by Gasteiger charge is 2.06. The van der Waals surface area contributed by atoms with Crippen LogP contribution >= 0.6 is 0 Å². The fourth-order valence-corrected chi connectivity index (χ4v) is 1.42. The molecule has 1 amide bonds. The monoisotopic (exact) mass is 238 g/mol. The van der Waals surface area contributed by atoms with E-state index in [0.717, 1.165) is 25.8 Å². The van der Waals surface area contributed by atoms with E-state index in [0.29, 0.717) is 6.54 Å². The van der Waals surface area contributed by atoms with E-state index in [4.69, 9.17) is 0 Å². The summed E-state index contributed by atoms with van der Waals surface area (Å²) in [5.74, 6) is -0.270. The Morgan fingerprint density at radius 2 is 2.18 bits per heavy atom. The summed E-state index contributed by atoms with van der Waals surface area (Å²) in [5.41, 5.74) is -0.0890. The molecule has 1 aromatic heterocycles. The Balaban J connectivity index is 2.39. The first-order valence-corrected chi connectivity index (χ1v) is 5.72. The van der Waals surface area contributed by atoms with Crippen molar-refractivity contribution in [2.24, 2.45) is 0 Å².